The molecule has 0 amide bonds. The number of rotatable bonds is 9. The van der Waals surface area contributed by atoms with Crippen LogP contribution >= 0.6 is 23.4 Å². The smallest absolute Gasteiger partial charge is 0.239 e. The van der Waals surface area contributed by atoms with Crippen LogP contribution in [0.4, 0.5) is 0 Å². The van der Waals surface area contributed by atoms with Gasteiger partial charge in [0, 0.05) is 31.7 Å². The van der Waals surface area contributed by atoms with Crippen LogP contribution in [-0.4, -0.2) is 38.6 Å². The van der Waals surface area contributed by atoms with E-state index >= 15 is 0 Å². The van der Waals surface area contributed by atoms with Crippen LogP contribution in [0, 0.1) is 0 Å². The second kappa shape index (κ2) is 8.63. The summed E-state index contributed by atoms with van der Waals surface area (Å²) < 4.78 is 12.8. The van der Waals surface area contributed by atoms with E-state index < -0.39 is 0 Å². The van der Waals surface area contributed by atoms with E-state index in [4.69, 9.17) is 20.9 Å². The van der Waals surface area contributed by atoms with Crippen molar-refractivity contribution < 1.29 is 9.26 Å². The van der Waals surface area contributed by atoms with Gasteiger partial charge in [0.2, 0.25) is 5.89 Å². The average Bonchev–Trinajstić information content (AvgIpc) is 3.29. The molecule has 7 nitrogen and oxygen atoms in total. The maximum absolute atomic E-state index is 6.40. The van der Waals surface area contributed by atoms with E-state index in [1.54, 1.807) is 18.9 Å². The molecule has 1 fully saturated rings. The summed E-state index contributed by atoms with van der Waals surface area (Å²) in [5.74, 6) is 2.67. The topological polar surface area (TPSA) is 78.9 Å². The number of thioether (sulfide) groups is 1. The summed E-state index contributed by atoms with van der Waals surface area (Å²) >= 11 is 7.95. The van der Waals surface area contributed by atoms with Gasteiger partial charge in [0.25, 0.3) is 0 Å². The number of ether oxygens (including phenoxy) is 1. The van der Waals surface area contributed by atoms with Crippen LogP contribution in [-0.2, 0) is 11.3 Å². The van der Waals surface area contributed by atoms with Crippen molar-refractivity contribution in [1.82, 2.24) is 24.9 Å². The van der Waals surface area contributed by atoms with Gasteiger partial charge in [-0.15, -0.1) is 10.2 Å². The minimum Gasteiger partial charge on any atom is -0.385 e. The third kappa shape index (κ3) is 4.24. The Hall–Kier alpha value is -1.90. The maximum atomic E-state index is 6.40. The third-order valence-corrected chi connectivity index (χ3v) is 5.99. The number of nitrogens with zero attached hydrogens (tertiary/aromatic N) is 5. The molecule has 9 heteroatoms. The summed E-state index contributed by atoms with van der Waals surface area (Å²) in [6.45, 7) is 3.43. The molecule has 3 aromatic rings. The molecule has 1 aliphatic rings. The molecule has 0 aliphatic heterocycles. The number of methoxy groups -OCH3 is 1. The summed E-state index contributed by atoms with van der Waals surface area (Å²) in [5.41, 5.74) is 0.863. The number of benzene rings is 1. The SMILES string of the molecule is COCCCn1c(SC(C)c2nc(C3CC3)no2)nnc1-c1ccccc1Cl. The molecule has 0 N–H and O–H groups in total. The first-order valence-electron chi connectivity index (χ1n) is 9.34. The predicted octanol–water partition coefficient (Wildman–Crippen LogP) is 4.75. The highest BCUT2D eigenvalue weighted by atomic mass is 35.5. The zero-order valence-electron chi connectivity index (χ0n) is 15.8. The van der Waals surface area contributed by atoms with Crippen molar-refractivity contribution in [1.29, 1.82) is 0 Å². The lowest BCUT2D eigenvalue weighted by Gasteiger charge is -2.12. The van der Waals surface area contributed by atoms with Crippen LogP contribution in [0.1, 0.15) is 49.1 Å². The molecule has 0 spiro atoms. The molecular weight excluding hydrogens is 398 g/mol. The number of hydrogen-bond donors (Lipinski definition) is 0. The van der Waals surface area contributed by atoms with E-state index in [1.807, 2.05) is 31.2 Å². The van der Waals surface area contributed by atoms with Crippen LogP contribution in [0.2, 0.25) is 5.02 Å². The molecule has 0 radical (unpaired) electrons. The van der Waals surface area contributed by atoms with Crippen LogP contribution in [0.25, 0.3) is 11.4 Å². The standard InChI is InChI=1S/C19H22ClN5O2S/c1-12(18-21-16(24-27-18)13-8-9-13)28-19-23-22-17(25(19)10-5-11-26-2)14-6-3-4-7-15(14)20/h3-4,6-7,12-13H,5,8-11H2,1-2H3. The molecule has 1 aliphatic carbocycles. The normalized spacial score (nSPS) is 15.1. The van der Waals surface area contributed by atoms with Crippen molar-refractivity contribution in [2.45, 2.75) is 49.1 Å². The highest BCUT2D eigenvalue weighted by Gasteiger charge is 2.30. The molecule has 1 aromatic carbocycles. The second-order valence-electron chi connectivity index (χ2n) is 6.81. The monoisotopic (exact) mass is 419 g/mol. The Morgan fingerprint density at radius 2 is 2.14 bits per heavy atom. The Balaban J connectivity index is 1.58. The van der Waals surface area contributed by atoms with Gasteiger partial charge in [0.05, 0.1) is 10.3 Å². The fourth-order valence-electron chi connectivity index (χ4n) is 2.91. The Morgan fingerprint density at radius 1 is 1.32 bits per heavy atom. The van der Waals surface area contributed by atoms with E-state index in [-0.39, 0.29) is 5.25 Å². The fourth-order valence-corrected chi connectivity index (χ4v) is 4.04. The molecule has 2 aromatic heterocycles. The van der Waals surface area contributed by atoms with E-state index in [0.29, 0.717) is 23.4 Å². The van der Waals surface area contributed by atoms with Crippen molar-refractivity contribution in [3.8, 4) is 11.4 Å². The molecule has 0 saturated heterocycles. The molecule has 4 rings (SSSR count). The minimum absolute atomic E-state index is 0.0236. The summed E-state index contributed by atoms with van der Waals surface area (Å²) in [5, 5.41) is 14.4. The Labute approximate surface area is 172 Å². The second-order valence-corrected chi connectivity index (χ2v) is 8.52. The molecule has 2 heterocycles. The lowest BCUT2D eigenvalue weighted by Crippen LogP contribution is -2.06. The maximum Gasteiger partial charge on any atom is 0.239 e. The molecule has 1 unspecified atom stereocenters. The highest BCUT2D eigenvalue weighted by molar-refractivity contribution is 7.99. The van der Waals surface area contributed by atoms with Crippen LogP contribution in [0.15, 0.2) is 33.9 Å². The molecule has 1 saturated carbocycles. The summed E-state index contributed by atoms with van der Waals surface area (Å²) in [4.78, 5) is 4.56. The van der Waals surface area contributed by atoms with Crippen LogP contribution < -0.4 is 0 Å². The van der Waals surface area contributed by atoms with Crippen molar-refractivity contribution in [2.24, 2.45) is 0 Å². The fraction of sp³-hybridized carbons (Fsp3) is 0.474. The molecule has 148 valence electrons. The summed E-state index contributed by atoms with van der Waals surface area (Å²) in [6, 6.07) is 7.67. The van der Waals surface area contributed by atoms with Gasteiger partial charge in [-0.25, -0.2) is 0 Å². The van der Waals surface area contributed by atoms with Gasteiger partial charge in [0.15, 0.2) is 16.8 Å². The van der Waals surface area contributed by atoms with Gasteiger partial charge in [-0.2, -0.15) is 4.98 Å². The molecular formula is C19H22ClN5O2S. The summed E-state index contributed by atoms with van der Waals surface area (Å²) in [7, 11) is 1.70. The Kier molecular flexibility index (Phi) is 5.99. The predicted molar refractivity (Wildman–Crippen MR) is 108 cm³/mol. The molecule has 0 bridgehead atoms. The van der Waals surface area contributed by atoms with Crippen LogP contribution in [0.3, 0.4) is 0 Å². The first-order valence-corrected chi connectivity index (χ1v) is 10.6. The van der Waals surface area contributed by atoms with Crippen molar-refractivity contribution in [3.63, 3.8) is 0 Å². The van der Waals surface area contributed by atoms with E-state index in [2.05, 4.69) is 24.9 Å². The summed E-state index contributed by atoms with van der Waals surface area (Å²) in [6.07, 6.45) is 3.14. The molecule has 1 atom stereocenters. The number of aromatic nitrogens is 5. The highest BCUT2D eigenvalue weighted by Crippen LogP contribution is 2.40. The molecule has 28 heavy (non-hydrogen) atoms. The third-order valence-electron chi connectivity index (χ3n) is 4.59. The average molecular weight is 420 g/mol. The van der Waals surface area contributed by atoms with Crippen molar-refractivity contribution >= 4 is 23.4 Å². The minimum atomic E-state index is -0.0236. The van der Waals surface area contributed by atoms with Gasteiger partial charge in [-0.3, -0.25) is 0 Å². The van der Waals surface area contributed by atoms with Crippen molar-refractivity contribution in [3.05, 3.63) is 41.0 Å². The van der Waals surface area contributed by atoms with Crippen LogP contribution in [0.5, 0.6) is 0 Å². The van der Waals surface area contributed by atoms with Gasteiger partial charge in [0.1, 0.15) is 0 Å². The van der Waals surface area contributed by atoms with E-state index in [0.717, 1.165) is 48.2 Å². The zero-order chi connectivity index (χ0) is 19.5. The first kappa shape index (κ1) is 19.4. The lowest BCUT2D eigenvalue weighted by molar-refractivity contribution is 0.189. The Bertz CT molecular complexity index is 940. The number of hydrogen-bond acceptors (Lipinski definition) is 7. The number of halogens is 1. The zero-order valence-corrected chi connectivity index (χ0v) is 17.4. The largest absolute Gasteiger partial charge is 0.385 e. The van der Waals surface area contributed by atoms with Gasteiger partial charge in [-0.1, -0.05) is 40.7 Å². The van der Waals surface area contributed by atoms with E-state index in [1.165, 1.54) is 0 Å². The quantitative estimate of drug-likeness (QED) is 0.365. The first-order chi connectivity index (χ1) is 13.7. The van der Waals surface area contributed by atoms with Gasteiger partial charge >= 0.3 is 0 Å². The lowest BCUT2D eigenvalue weighted by atomic mass is 10.2. The van der Waals surface area contributed by atoms with E-state index in [9.17, 15) is 0 Å². The van der Waals surface area contributed by atoms with Gasteiger partial charge < -0.3 is 13.8 Å². The Morgan fingerprint density at radius 3 is 2.89 bits per heavy atom. The van der Waals surface area contributed by atoms with Crippen molar-refractivity contribution in [2.75, 3.05) is 13.7 Å². The van der Waals surface area contributed by atoms with Gasteiger partial charge in [-0.05, 0) is 38.3 Å².